The molecular formula is C14H21ClN2O4. The van der Waals surface area contributed by atoms with E-state index in [4.69, 9.17) is 9.47 Å². The second-order valence-corrected chi connectivity index (χ2v) is 4.68. The number of methoxy groups -OCH3 is 2. The fourth-order valence-electron chi connectivity index (χ4n) is 2.30. The summed E-state index contributed by atoms with van der Waals surface area (Å²) in [4.78, 5) is 12.3. The van der Waals surface area contributed by atoms with Gasteiger partial charge in [0.05, 0.1) is 31.9 Å². The van der Waals surface area contributed by atoms with Crippen molar-refractivity contribution >= 4 is 18.3 Å². The van der Waals surface area contributed by atoms with Crippen LogP contribution >= 0.6 is 12.4 Å². The highest BCUT2D eigenvalue weighted by Gasteiger charge is 2.26. The number of benzene rings is 1. The van der Waals surface area contributed by atoms with Crippen molar-refractivity contribution in [1.82, 2.24) is 10.6 Å². The van der Waals surface area contributed by atoms with E-state index in [2.05, 4.69) is 10.6 Å². The number of para-hydroxylation sites is 1. The highest BCUT2D eigenvalue weighted by molar-refractivity contribution is 5.98. The molecule has 0 aromatic heterocycles. The first-order valence-electron chi connectivity index (χ1n) is 6.58. The van der Waals surface area contributed by atoms with E-state index in [1.54, 1.807) is 18.2 Å². The van der Waals surface area contributed by atoms with Crippen molar-refractivity contribution in [3.05, 3.63) is 23.8 Å². The van der Waals surface area contributed by atoms with Gasteiger partial charge in [0.2, 0.25) is 0 Å². The number of carbonyl (C=O) groups excluding carboxylic acids is 1. The van der Waals surface area contributed by atoms with E-state index in [1.807, 2.05) is 0 Å². The van der Waals surface area contributed by atoms with Crippen LogP contribution in [0.1, 0.15) is 16.8 Å². The Labute approximate surface area is 130 Å². The van der Waals surface area contributed by atoms with Crippen LogP contribution in [0.5, 0.6) is 11.5 Å². The molecule has 0 radical (unpaired) electrons. The van der Waals surface area contributed by atoms with E-state index in [0.717, 1.165) is 6.54 Å². The van der Waals surface area contributed by atoms with Gasteiger partial charge in [0.15, 0.2) is 11.5 Å². The minimum atomic E-state index is -0.531. The number of amides is 1. The van der Waals surface area contributed by atoms with Crippen molar-refractivity contribution in [2.75, 3.05) is 27.3 Å². The van der Waals surface area contributed by atoms with Crippen molar-refractivity contribution in [2.45, 2.75) is 18.6 Å². The van der Waals surface area contributed by atoms with Crippen molar-refractivity contribution in [2.24, 2.45) is 0 Å². The molecule has 1 heterocycles. The highest BCUT2D eigenvalue weighted by atomic mass is 35.5. The zero-order valence-corrected chi connectivity index (χ0v) is 12.9. The van der Waals surface area contributed by atoms with Gasteiger partial charge in [0.25, 0.3) is 5.91 Å². The zero-order chi connectivity index (χ0) is 14.5. The third kappa shape index (κ3) is 4.00. The molecule has 0 unspecified atom stereocenters. The Morgan fingerprint density at radius 2 is 2.14 bits per heavy atom. The number of hydrogen-bond donors (Lipinski definition) is 3. The average Bonchev–Trinajstić information content (AvgIpc) is 2.48. The summed E-state index contributed by atoms with van der Waals surface area (Å²) < 4.78 is 10.4. The first-order valence-corrected chi connectivity index (χ1v) is 6.58. The molecule has 21 heavy (non-hydrogen) atoms. The monoisotopic (exact) mass is 316 g/mol. The number of nitrogens with one attached hydrogen (secondary N) is 2. The molecule has 1 aromatic carbocycles. The smallest absolute Gasteiger partial charge is 0.255 e. The molecule has 1 fully saturated rings. The maximum atomic E-state index is 12.3. The molecule has 7 heteroatoms. The van der Waals surface area contributed by atoms with E-state index in [1.165, 1.54) is 14.2 Å². The lowest BCUT2D eigenvalue weighted by molar-refractivity contribution is 0.0752. The Morgan fingerprint density at radius 1 is 1.38 bits per heavy atom. The van der Waals surface area contributed by atoms with Crippen LogP contribution in [-0.2, 0) is 0 Å². The molecule has 2 rings (SSSR count). The van der Waals surface area contributed by atoms with Crippen LogP contribution in [0.15, 0.2) is 18.2 Å². The zero-order valence-electron chi connectivity index (χ0n) is 12.1. The summed E-state index contributed by atoms with van der Waals surface area (Å²) in [6, 6.07) is 4.82. The standard InChI is InChI=1S/C14H20N2O4.ClH/c1-19-12-5-3-4-9(13(12)20-2)14(18)16-10-8-15-7-6-11(10)17;/h3-5,10-11,15,17H,6-8H2,1-2H3,(H,16,18);1H/t10-,11+;/m0./s1. The molecule has 2 atom stereocenters. The van der Waals surface area contributed by atoms with Gasteiger partial charge in [-0.2, -0.15) is 0 Å². The Hall–Kier alpha value is -1.50. The van der Waals surface area contributed by atoms with Gasteiger partial charge in [-0.25, -0.2) is 0 Å². The molecule has 1 saturated heterocycles. The SMILES string of the molecule is COc1cccc(C(=O)N[C@H]2CNCC[C@H]2O)c1OC.Cl. The van der Waals surface area contributed by atoms with Crippen molar-refractivity contribution < 1.29 is 19.4 Å². The molecule has 1 aliphatic heterocycles. The maximum absolute atomic E-state index is 12.3. The van der Waals surface area contributed by atoms with Gasteiger partial charge in [0, 0.05) is 6.54 Å². The van der Waals surface area contributed by atoms with Crippen LogP contribution in [0, 0.1) is 0 Å². The molecule has 0 bridgehead atoms. The summed E-state index contributed by atoms with van der Waals surface area (Å²) in [7, 11) is 3.01. The number of halogens is 1. The minimum absolute atomic E-state index is 0. The fraction of sp³-hybridized carbons (Fsp3) is 0.500. The number of piperidine rings is 1. The largest absolute Gasteiger partial charge is 0.493 e. The Morgan fingerprint density at radius 3 is 2.76 bits per heavy atom. The van der Waals surface area contributed by atoms with Crippen molar-refractivity contribution in [1.29, 1.82) is 0 Å². The minimum Gasteiger partial charge on any atom is -0.493 e. The van der Waals surface area contributed by atoms with Crippen LogP contribution in [0.25, 0.3) is 0 Å². The second kappa shape index (κ2) is 8.07. The van der Waals surface area contributed by atoms with Crippen LogP contribution in [0.2, 0.25) is 0 Å². The predicted molar refractivity (Wildman–Crippen MR) is 81.5 cm³/mol. The highest BCUT2D eigenvalue weighted by Crippen LogP contribution is 2.30. The first kappa shape index (κ1) is 17.6. The molecule has 0 aliphatic carbocycles. The Kier molecular flexibility index (Phi) is 6.74. The van der Waals surface area contributed by atoms with Crippen LogP contribution < -0.4 is 20.1 Å². The molecule has 6 nitrogen and oxygen atoms in total. The third-order valence-corrected chi connectivity index (χ3v) is 3.41. The molecule has 0 spiro atoms. The van der Waals surface area contributed by atoms with Crippen molar-refractivity contribution in [3.63, 3.8) is 0 Å². The van der Waals surface area contributed by atoms with Crippen LogP contribution in [0.4, 0.5) is 0 Å². The lowest BCUT2D eigenvalue weighted by Crippen LogP contribution is -2.53. The fourth-order valence-corrected chi connectivity index (χ4v) is 2.30. The van der Waals surface area contributed by atoms with Gasteiger partial charge in [-0.1, -0.05) is 6.07 Å². The van der Waals surface area contributed by atoms with E-state index in [9.17, 15) is 9.90 Å². The number of carbonyl (C=O) groups is 1. The lowest BCUT2D eigenvalue weighted by atomic mass is 10.0. The van der Waals surface area contributed by atoms with E-state index >= 15 is 0 Å². The normalized spacial score (nSPS) is 21.1. The molecular weight excluding hydrogens is 296 g/mol. The molecule has 0 saturated carbocycles. The number of aliphatic hydroxyl groups is 1. The van der Waals surface area contributed by atoms with Crippen LogP contribution in [0.3, 0.4) is 0 Å². The van der Waals surface area contributed by atoms with E-state index < -0.39 is 6.10 Å². The summed E-state index contributed by atoms with van der Waals surface area (Å²) in [6.07, 6.45) is 0.0945. The number of rotatable bonds is 4. The van der Waals surface area contributed by atoms with Gasteiger partial charge in [0.1, 0.15) is 0 Å². The van der Waals surface area contributed by atoms with Gasteiger partial charge in [-0.05, 0) is 25.1 Å². The second-order valence-electron chi connectivity index (χ2n) is 4.68. The maximum Gasteiger partial charge on any atom is 0.255 e. The third-order valence-electron chi connectivity index (χ3n) is 3.41. The molecule has 1 amide bonds. The predicted octanol–water partition coefficient (Wildman–Crippen LogP) is 0.578. The average molecular weight is 317 g/mol. The number of hydrogen-bond acceptors (Lipinski definition) is 5. The number of ether oxygens (including phenoxy) is 2. The van der Waals surface area contributed by atoms with E-state index in [-0.39, 0.29) is 24.4 Å². The van der Waals surface area contributed by atoms with Gasteiger partial charge >= 0.3 is 0 Å². The van der Waals surface area contributed by atoms with Gasteiger partial charge in [-0.3, -0.25) is 4.79 Å². The molecule has 3 N–H and O–H groups in total. The van der Waals surface area contributed by atoms with E-state index in [0.29, 0.717) is 30.0 Å². The molecule has 1 aromatic rings. The summed E-state index contributed by atoms with van der Waals surface area (Å²) >= 11 is 0. The summed E-state index contributed by atoms with van der Waals surface area (Å²) in [5.74, 6) is 0.613. The van der Waals surface area contributed by atoms with Gasteiger partial charge < -0.3 is 25.2 Å². The summed E-state index contributed by atoms with van der Waals surface area (Å²) in [5.41, 5.74) is 0.393. The quantitative estimate of drug-likeness (QED) is 0.757. The lowest BCUT2D eigenvalue weighted by Gasteiger charge is -2.29. The molecule has 1 aliphatic rings. The first-order chi connectivity index (χ1) is 9.67. The van der Waals surface area contributed by atoms with Gasteiger partial charge in [-0.15, -0.1) is 12.4 Å². The molecule has 118 valence electrons. The summed E-state index contributed by atoms with van der Waals surface area (Å²) in [6.45, 7) is 1.31. The van der Waals surface area contributed by atoms with Crippen molar-refractivity contribution in [3.8, 4) is 11.5 Å². The Balaban J connectivity index is 0.00000220. The summed E-state index contributed by atoms with van der Waals surface area (Å²) in [5, 5.41) is 15.8. The number of aliphatic hydroxyl groups excluding tert-OH is 1. The topological polar surface area (TPSA) is 79.8 Å². The van der Waals surface area contributed by atoms with Crippen LogP contribution in [-0.4, -0.2) is 50.5 Å². The Bertz CT molecular complexity index is 484.